The Hall–Kier alpha value is -1.22. The Morgan fingerprint density at radius 3 is 1.29 bits per heavy atom. The van der Waals surface area contributed by atoms with E-state index in [1.54, 1.807) is 0 Å². The number of hydrogen-bond donors (Lipinski definition) is 2. The van der Waals surface area contributed by atoms with Gasteiger partial charge in [-0.25, -0.2) is 0 Å². The molecule has 0 aliphatic heterocycles. The second kappa shape index (κ2) is 8.93. The molecule has 3 heteroatoms. The molecule has 0 unspecified atom stereocenters. The van der Waals surface area contributed by atoms with Gasteiger partial charge in [-0.2, -0.15) is 0 Å². The molecule has 0 atom stereocenters. The van der Waals surface area contributed by atoms with Crippen molar-refractivity contribution in [1.29, 1.82) is 0 Å². The Bertz CT molecular complexity index is 339. The molecule has 0 amide bonds. The van der Waals surface area contributed by atoms with E-state index < -0.39 is 0 Å². The Labute approximate surface area is 128 Å². The first kappa shape index (κ1) is 16.2. The summed E-state index contributed by atoms with van der Waals surface area (Å²) in [7, 11) is 0. The molecule has 2 N–H and O–H groups in total. The number of hydrogen-bond acceptors (Lipinski definition) is 3. The quantitative estimate of drug-likeness (QED) is 0.772. The summed E-state index contributed by atoms with van der Waals surface area (Å²) >= 11 is 0. The first-order valence-electron chi connectivity index (χ1n) is 8.37. The van der Waals surface area contributed by atoms with Crippen LogP contribution in [0.5, 0.6) is 11.5 Å². The molecule has 0 saturated heterocycles. The molecule has 0 bridgehead atoms. The van der Waals surface area contributed by atoms with E-state index in [9.17, 15) is 0 Å². The second-order valence-corrected chi connectivity index (χ2v) is 6.17. The maximum Gasteiger partial charge on any atom is 0.115 e. The third kappa shape index (κ3) is 6.38. The standard InChI is InChI=1S/C12H22O.C6H6O2/c1-3-7-11(8-4-1)13-12-9-5-2-6-10-12;7-5-1-2-6(8)4-3-5/h11-12H,1-10H2;1-4,7-8H. The largest absolute Gasteiger partial charge is 0.508 e. The second-order valence-electron chi connectivity index (χ2n) is 6.17. The van der Waals surface area contributed by atoms with Gasteiger partial charge in [-0.1, -0.05) is 38.5 Å². The summed E-state index contributed by atoms with van der Waals surface area (Å²) < 4.78 is 6.13. The fraction of sp³-hybridized carbons (Fsp3) is 0.667. The van der Waals surface area contributed by atoms with Crippen molar-refractivity contribution in [3.63, 3.8) is 0 Å². The van der Waals surface area contributed by atoms with E-state index in [-0.39, 0.29) is 11.5 Å². The van der Waals surface area contributed by atoms with Crippen LogP contribution in [0.3, 0.4) is 0 Å². The van der Waals surface area contributed by atoms with Crippen molar-refractivity contribution in [2.75, 3.05) is 0 Å². The van der Waals surface area contributed by atoms with Gasteiger partial charge in [-0.3, -0.25) is 0 Å². The molecule has 3 rings (SSSR count). The predicted octanol–water partition coefficient (Wildman–Crippen LogP) is 4.77. The summed E-state index contributed by atoms with van der Waals surface area (Å²) in [6.45, 7) is 0. The molecule has 118 valence electrons. The van der Waals surface area contributed by atoms with Crippen LogP contribution < -0.4 is 0 Å². The number of phenolic OH excluding ortho intramolecular Hbond substituents is 2. The number of ether oxygens (including phenoxy) is 1. The van der Waals surface area contributed by atoms with Crippen LogP contribution in [0, 0.1) is 0 Å². The molecule has 3 nitrogen and oxygen atoms in total. The Kier molecular flexibility index (Phi) is 6.87. The van der Waals surface area contributed by atoms with Gasteiger partial charge >= 0.3 is 0 Å². The van der Waals surface area contributed by atoms with E-state index in [4.69, 9.17) is 14.9 Å². The molecule has 0 radical (unpaired) electrons. The van der Waals surface area contributed by atoms with Gasteiger partial charge in [0.2, 0.25) is 0 Å². The smallest absolute Gasteiger partial charge is 0.115 e. The average Bonchev–Trinajstić information content (AvgIpc) is 2.53. The van der Waals surface area contributed by atoms with Crippen LogP contribution in [0.15, 0.2) is 24.3 Å². The highest BCUT2D eigenvalue weighted by molar-refractivity contribution is 5.28. The predicted molar refractivity (Wildman–Crippen MR) is 84.6 cm³/mol. The van der Waals surface area contributed by atoms with Crippen molar-refractivity contribution in [2.45, 2.75) is 76.4 Å². The van der Waals surface area contributed by atoms with E-state index in [1.807, 2.05) is 0 Å². The SMILES string of the molecule is C1CCC(OC2CCCCC2)CC1.Oc1ccc(O)cc1. The molecule has 0 heterocycles. The van der Waals surface area contributed by atoms with Crippen molar-refractivity contribution in [2.24, 2.45) is 0 Å². The summed E-state index contributed by atoms with van der Waals surface area (Å²) in [6, 6.07) is 5.70. The number of aromatic hydroxyl groups is 2. The van der Waals surface area contributed by atoms with Gasteiger partial charge in [0.25, 0.3) is 0 Å². The highest BCUT2D eigenvalue weighted by Crippen LogP contribution is 2.26. The lowest BCUT2D eigenvalue weighted by Gasteiger charge is -2.29. The highest BCUT2D eigenvalue weighted by atomic mass is 16.5. The summed E-state index contributed by atoms with van der Waals surface area (Å²) in [5.41, 5.74) is 0. The molecule has 21 heavy (non-hydrogen) atoms. The molecule has 0 aromatic heterocycles. The van der Waals surface area contributed by atoms with Crippen LogP contribution in [0.1, 0.15) is 64.2 Å². The molecule has 0 spiro atoms. The molecule has 2 aliphatic carbocycles. The zero-order valence-corrected chi connectivity index (χ0v) is 12.8. The van der Waals surface area contributed by atoms with Gasteiger partial charge in [-0.05, 0) is 49.9 Å². The summed E-state index contributed by atoms with van der Waals surface area (Å²) in [4.78, 5) is 0. The maximum atomic E-state index is 8.65. The third-order valence-electron chi connectivity index (χ3n) is 4.34. The minimum atomic E-state index is 0.169. The van der Waals surface area contributed by atoms with E-state index in [0.717, 1.165) is 0 Å². The molecular weight excluding hydrogens is 264 g/mol. The van der Waals surface area contributed by atoms with Crippen LogP contribution in [0.25, 0.3) is 0 Å². The number of benzene rings is 1. The lowest BCUT2D eigenvalue weighted by atomic mass is 9.95. The zero-order valence-electron chi connectivity index (χ0n) is 12.8. The van der Waals surface area contributed by atoms with Crippen LogP contribution in [0.4, 0.5) is 0 Å². The van der Waals surface area contributed by atoms with Gasteiger partial charge < -0.3 is 14.9 Å². The lowest BCUT2D eigenvalue weighted by molar-refractivity contribution is -0.0450. The van der Waals surface area contributed by atoms with Gasteiger partial charge in [0, 0.05) is 0 Å². The van der Waals surface area contributed by atoms with Gasteiger partial charge in [-0.15, -0.1) is 0 Å². The van der Waals surface area contributed by atoms with Crippen LogP contribution >= 0.6 is 0 Å². The molecule has 1 aromatic rings. The molecular formula is C18H28O3. The molecule has 2 saturated carbocycles. The van der Waals surface area contributed by atoms with Crippen molar-refractivity contribution in [3.8, 4) is 11.5 Å². The van der Waals surface area contributed by atoms with Crippen molar-refractivity contribution in [1.82, 2.24) is 0 Å². The van der Waals surface area contributed by atoms with E-state index in [0.29, 0.717) is 12.2 Å². The first-order chi connectivity index (χ1) is 10.2. The highest BCUT2D eigenvalue weighted by Gasteiger charge is 2.20. The van der Waals surface area contributed by atoms with Crippen LogP contribution in [0.2, 0.25) is 0 Å². The fourth-order valence-electron chi connectivity index (χ4n) is 3.13. The average molecular weight is 292 g/mol. The van der Waals surface area contributed by atoms with Gasteiger partial charge in [0.15, 0.2) is 0 Å². The van der Waals surface area contributed by atoms with Crippen molar-refractivity contribution < 1.29 is 14.9 Å². The number of rotatable bonds is 2. The van der Waals surface area contributed by atoms with E-state index in [1.165, 1.54) is 88.5 Å². The summed E-state index contributed by atoms with van der Waals surface area (Å²) in [5.74, 6) is 0.339. The molecule has 2 fully saturated rings. The first-order valence-corrected chi connectivity index (χ1v) is 8.37. The maximum absolute atomic E-state index is 8.65. The Morgan fingerprint density at radius 1 is 0.619 bits per heavy atom. The van der Waals surface area contributed by atoms with Crippen molar-refractivity contribution in [3.05, 3.63) is 24.3 Å². The Morgan fingerprint density at radius 2 is 0.952 bits per heavy atom. The normalized spacial score (nSPS) is 20.6. The van der Waals surface area contributed by atoms with Crippen LogP contribution in [-0.2, 0) is 4.74 Å². The minimum Gasteiger partial charge on any atom is -0.508 e. The van der Waals surface area contributed by atoms with E-state index in [2.05, 4.69) is 0 Å². The third-order valence-corrected chi connectivity index (χ3v) is 4.34. The summed E-state index contributed by atoms with van der Waals surface area (Å²) in [5, 5.41) is 17.3. The topological polar surface area (TPSA) is 49.7 Å². The van der Waals surface area contributed by atoms with Gasteiger partial charge in [0.05, 0.1) is 12.2 Å². The lowest BCUT2D eigenvalue weighted by Crippen LogP contribution is -2.25. The molecule has 1 aromatic carbocycles. The summed E-state index contributed by atoms with van der Waals surface area (Å²) in [6.07, 6.45) is 15.0. The number of phenols is 2. The van der Waals surface area contributed by atoms with Crippen LogP contribution in [-0.4, -0.2) is 22.4 Å². The fourth-order valence-corrected chi connectivity index (χ4v) is 3.13. The molecule has 2 aliphatic rings. The zero-order chi connectivity index (χ0) is 14.9. The monoisotopic (exact) mass is 292 g/mol. The minimum absolute atomic E-state index is 0.169. The van der Waals surface area contributed by atoms with Crippen molar-refractivity contribution >= 4 is 0 Å². The Balaban J connectivity index is 0.000000173. The van der Waals surface area contributed by atoms with E-state index >= 15 is 0 Å². The van der Waals surface area contributed by atoms with Gasteiger partial charge in [0.1, 0.15) is 11.5 Å².